The van der Waals surface area contributed by atoms with E-state index in [-0.39, 0.29) is 5.21 Å². The van der Waals surface area contributed by atoms with Crippen molar-refractivity contribution in [3.05, 3.63) is 0 Å². The van der Waals surface area contributed by atoms with Gasteiger partial charge >= 0.3 is 0 Å². The number of ether oxygens (including phenoxy) is 2. The third kappa shape index (κ3) is 3.97. The molecule has 0 N–H and O–H groups in total. The standard InChI is InChI=1S/C10H15B10O2/c1(7-5-21-7)2-9-10(4-3-8-6-22-8)11-13-14-15-16-17-18-19-20(9)12-10/h7-9H,1-6H2/t7-,8-,9+,10-/m1/s1. The SMILES string of the molecule is [B]1[B][B][B][B][C@]2(CC[C@@H]3CO3)[B]B([B][B][B]1)[C@H]2CC[C@@H]1CO1. The van der Waals surface area contributed by atoms with E-state index >= 15 is 0 Å². The monoisotopic (exact) mass is 277 g/mol. The number of rotatable bonds is 6. The number of hydrogen-bond donors (Lipinski definition) is 0. The Balaban J connectivity index is 1.40. The van der Waals surface area contributed by atoms with Crippen LogP contribution in [0.3, 0.4) is 0 Å². The zero-order chi connectivity index (χ0) is 14.8. The molecule has 5 saturated heterocycles. The van der Waals surface area contributed by atoms with E-state index in [9.17, 15) is 0 Å². The fraction of sp³-hybridized carbons (Fsp3) is 1.00. The van der Waals surface area contributed by atoms with Crippen molar-refractivity contribution in [2.45, 2.75) is 48.9 Å². The van der Waals surface area contributed by atoms with Gasteiger partial charge in [-0.1, -0.05) is 18.7 Å². The molecule has 9 radical (unpaired) electrons. The van der Waals surface area contributed by atoms with Crippen LogP contribution in [0, 0.1) is 0 Å². The van der Waals surface area contributed by atoms with Crippen LogP contribution in [0.4, 0.5) is 0 Å². The van der Waals surface area contributed by atoms with Gasteiger partial charge in [0.25, 0.3) is 0 Å². The van der Waals surface area contributed by atoms with Gasteiger partial charge in [0.2, 0.25) is 0 Å². The van der Waals surface area contributed by atoms with Gasteiger partial charge in [-0.2, -0.15) is 0 Å². The van der Waals surface area contributed by atoms with E-state index in [0.717, 1.165) is 13.2 Å². The maximum atomic E-state index is 5.43. The van der Waals surface area contributed by atoms with Crippen LogP contribution in [0.5, 0.6) is 0 Å². The topological polar surface area (TPSA) is 25.1 Å². The molecular weight excluding hydrogens is 260 g/mol. The molecule has 5 aliphatic heterocycles. The second-order valence-electron chi connectivity index (χ2n) is 7.00. The molecule has 97 valence electrons. The summed E-state index contributed by atoms with van der Waals surface area (Å²) in [4.78, 5) is 0. The van der Waals surface area contributed by atoms with Crippen molar-refractivity contribution in [1.82, 2.24) is 0 Å². The molecule has 12 heteroatoms. The predicted octanol–water partition coefficient (Wildman–Crippen LogP) is -1.91. The van der Waals surface area contributed by atoms with Crippen molar-refractivity contribution in [1.29, 1.82) is 0 Å². The van der Waals surface area contributed by atoms with Crippen LogP contribution in [-0.4, -0.2) is 95.7 Å². The lowest BCUT2D eigenvalue weighted by Gasteiger charge is -2.57. The van der Waals surface area contributed by atoms with Gasteiger partial charge in [-0.25, -0.2) is 0 Å². The molecule has 0 aliphatic carbocycles. The Morgan fingerprint density at radius 3 is 2.32 bits per heavy atom. The highest BCUT2D eigenvalue weighted by atomic mass is 16.6. The molecule has 0 aromatic carbocycles. The number of hydrogen-bond acceptors (Lipinski definition) is 2. The Labute approximate surface area is 142 Å². The highest BCUT2D eigenvalue weighted by molar-refractivity contribution is 7.73. The second-order valence-corrected chi connectivity index (χ2v) is 7.00. The first kappa shape index (κ1) is 16.1. The van der Waals surface area contributed by atoms with Crippen molar-refractivity contribution in [2.24, 2.45) is 0 Å². The summed E-state index contributed by atoms with van der Waals surface area (Å²) in [5.74, 6) is 0.711. The van der Waals surface area contributed by atoms with Gasteiger partial charge in [-0.3, -0.25) is 0 Å². The van der Waals surface area contributed by atoms with E-state index in [0.29, 0.717) is 24.5 Å². The van der Waals surface area contributed by atoms with Crippen LogP contribution in [0.1, 0.15) is 25.7 Å². The molecule has 4 atom stereocenters. The van der Waals surface area contributed by atoms with E-state index in [2.05, 4.69) is 63.8 Å². The Kier molecular flexibility index (Phi) is 5.27. The molecule has 0 amide bonds. The minimum absolute atomic E-state index is 0.254. The molecule has 5 rings (SSSR count). The van der Waals surface area contributed by atoms with Gasteiger partial charge in [0.05, 0.1) is 46.3 Å². The zero-order valence-corrected chi connectivity index (χ0v) is 13.1. The molecule has 22 heavy (non-hydrogen) atoms. The average Bonchev–Trinajstić information content (AvgIpc) is 3.38. The summed E-state index contributed by atoms with van der Waals surface area (Å²) in [7, 11) is 20.3. The predicted molar refractivity (Wildman–Crippen MR) is 102 cm³/mol. The van der Waals surface area contributed by atoms with Crippen LogP contribution in [0.2, 0.25) is 11.0 Å². The molecule has 0 saturated carbocycles. The summed E-state index contributed by atoms with van der Waals surface area (Å²) in [6.45, 7) is 2.54. The highest BCUT2D eigenvalue weighted by Crippen LogP contribution is 2.56. The van der Waals surface area contributed by atoms with Crippen molar-refractivity contribution in [2.75, 3.05) is 13.2 Å². The zero-order valence-electron chi connectivity index (χ0n) is 13.1. The normalized spacial score (nSPS) is 38.2. The fourth-order valence-corrected chi connectivity index (χ4v) is 3.95. The van der Waals surface area contributed by atoms with Crippen LogP contribution >= 0.6 is 0 Å². The van der Waals surface area contributed by atoms with Crippen molar-refractivity contribution >= 4 is 70.3 Å². The molecule has 2 nitrogen and oxygen atoms in total. The summed E-state index contributed by atoms with van der Waals surface area (Å²) >= 11 is 0. The summed E-state index contributed by atoms with van der Waals surface area (Å²) in [5, 5.41) is 0.254. The summed E-state index contributed by atoms with van der Waals surface area (Å²) in [6.07, 6.45) is 5.94. The smallest absolute Gasteiger partial charge is 0.0809 e. The fourth-order valence-electron chi connectivity index (χ4n) is 3.95. The average molecular weight is 275 g/mol. The van der Waals surface area contributed by atoms with Crippen LogP contribution in [-0.2, 0) is 9.47 Å². The third-order valence-corrected chi connectivity index (χ3v) is 5.46. The first-order chi connectivity index (χ1) is 10.9. The summed E-state index contributed by atoms with van der Waals surface area (Å²) < 4.78 is 10.9. The molecule has 0 aromatic rings. The summed E-state index contributed by atoms with van der Waals surface area (Å²) in [5.41, 5.74) is 0. The maximum absolute atomic E-state index is 5.43. The molecule has 5 heterocycles. The van der Waals surface area contributed by atoms with Crippen molar-refractivity contribution in [3.63, 3.8) is 0 Å². The first-order valence-electron chi connectivity index (χ1n) is 8.64. The molecule has 0 aromatic heterocycles. The Hall–Kier alpha value is 0.569. The van der Waals surface area contributed by atoms with Gasteiger partial charge in [0, 0.05) is 49.4 Å². The minimum Gasteiger partial charge on any atom is -0.373 e. The highest BCUT2D eigenvalue weighted by Gasteiger charge is 2.53. The quantitative estimate of drug-likeness (QED) is 0.417. The largest absolute Gasteiger partial charge is 0.373 e. The van der Waals surface area contributed by atoms with Gasteiger partial charge in [0.15, 0.2) is 0 Å². The van der Waals surface area contributed by atoms with E-state index in [1.165, 1.54) is 25.7 Å². The van der Waals surface area contributed by atoms with Crippen LogP contribution in [0.25, 0.3) is 0 Å². The van der Waals surface area contributed by atoms with Crippen molar-refractivity contribution < 1.29 is 9.47 Å². The molecule has 0 unspecified atom stereocenters. The molecule has 0 spiro atoms. The van der Waals surface area contributed by atoms with Crippen LogP contribution in [0.15, 0.2) is 0 Å². The lowest BCUT2D eigenvalue weighted by molar-refractivity contribution is 0.370. The Morgan fingerprint density at radius 2 is 1.55 bits per heavy atom. The lowest BCUT2D eigenvalue weighted by Crippen LogP contribution is -2.62. The van der Waals surface area contributed by atoms with E-state index in [1.807, 2.05) is 0 Å². The molecule has 5 aliphatic rings. The van der Waals surface area contributed by atoms with Gasteiger partial charge in [-0.05, 0) is 12.8 Å². The van der Waals surface area contributed by atoms with E-state index < -0.39 is 0 Å². The second kappa shape index (κ2) is 7.21. The summed E-state index contributed by atoms with van der Waals surface area (Å²) in [6, 6.07) is 0. The Bertz CT molecular complexity index is 377. The molecular formula is C10H15B10O2. The lowest BCUT2D eigenvalue weighted by atomic mass is 8.75. The number of epoxide rings is 2. The molecule has 5 fully saturated rings. The van der Waals surface area contributed by atoms with Gasteiger partial charge < -0.3 is 9.47 Å². The van der Waals surface area contributed by atoms with Crippen molar-refractivity contribution in [3.8, 4) is 0 Å². The van der Waals surface area contributed by atoms with E-state index in [4.69, 9.17) is 9.47 Å². The van der Waals surface area contributed by atoms with Crippen LogP contribution < -0.4 is 0 Å². The van der Waals surface area contributed by atoms with E-state index in [1.54, 1.807) is 0 Å². The molecule has 2 bridgehead atoms. The third-order valence-electron chi connectivity index (χ3n) is 5.46. The van der Waals surface area contributed by atoms with Gasteiger partial charge in [-0.15, -0.1) is 5.21 Å². The first-order valence-corrected chi connectivity index (χ1v) is 8.64. The number of fused-ring (bicyclic) bond motifs is 7. The minimum atomic E-state index is 0.254. The van der Waals surface area contributed by atoms with Gasteiger partial charge in [0.1, 0.15) is 0 Å². The maximum Gasteiger partial charge on any atom is 0.0809 e. The Morgan fingerprint density at radius 1 is 0.864 bits per heavy atom.